The van der Waals surface area contributed by atoms with Crippen molar-refractivity contribution in [1.82, 2.24) is 36.8 Å². The third kappa shape index (κ3) is 11.5. The SMILES string of the molecule is CC[C@H](C)[C@@H]1NC(=O)[C@H](C)NC(=O)[C@H](CC(C)C)NC(=O)[C@H](C)NC(=O)[C@H](CC(N)=O)NC(=O)[C@H](Cc2ccccc2)NC(=O)[C@@H]2CCCN2C1=O. The second-order valence-electron chi connectivity index (χ2n) is 14.2. The van der Waals surface area contributed by atoms with Gasteiger partial charge in [-0.15, -0.1) is 0 Å². The molecule has 8 N–H and O–H groups in total. The van der Waals surface area contributed by atoms with E-state index in [0.29, 0.717) is 24.8 Å². The minimum absolute atomic E-state index is 0.00447. The molecule has 2 aliphatic rings. The summed E-state index contributed by atoms with van der Waals surface area (Å²) >= 11 is 0. The average Bonchev–Trinajstić information content (AvgIpc) is 3.59. The van der Waals surface area contributed by atoms with Gasteiger partial charge in [-0.3, -0.25) is 38.4 Å². The molecule has 0 aromatic heterocycles. The molecular weight excluding hydrogens is 672 g/mol. The molecule has 0 aliphatic carbocycles. The fourth-order valence-corrected chi connectivity index (χ4v) is 6.21. The standard InChI is InChI=1S/C36H54N8O8/c1-7-20(4)29-36(52)44-15-11-14-27(44)35(51)42-25(17-23-12-9-8-10-13-23)34(50)41-26(18-28(37)45)33(49)38-21(5)30(46)40-24(16-19(2)3)32(48)39-22(6)31(47)43-29/h8-10,12-13,19-22,24-27,29H,7,11,14-18H2,1-6H3,(H2,37,45)(H,38,49)(H,39,48)(H,40,46)(H,41,50)(H,42,51)(H,43,47)/t20-,21-,22-,24-,25-,26-,27-,29-/m0/s1. The lowest BCUT2D eigenvalue weighted by molar-refractivity contribution is -0.143. The molecule has 16 nitrogen and oxygen atoms in total. The topological polar surface area (TPSA) is 238 Å². The zero-order chi connectivity index (χ0) is 38.7. The van der Waals surface area contributed by atoms with Crippen molar-refractivity contribution in [2.45, 2.75) is 122 Å². The third-order valence-electron chi connectivity index (χ3n) is 9.41. The van der Waals surface area contributed by atoms with Gasteiger partial charge in [0.1, 0.15) is 42.3 Å². The summed E-state index contributed by atoms with van der Waals surface area (Å²) in [6.45, 7) is 10.4. The Balaban J connectivity index is 2.06. The molecular formula is C36H54N8O8. The number of rotatable bonds is 8. The van der Waals surface area contributed by atoms with Crippen LogP contribution in [0.3, 0.4) is 0 Å². The summed E-state index contributed by atoms with van der Waals surface area (Å²) in [5, 5.41) is 15.8. The summed E-state index contributed by atoms with van der Waals surface area (Å²) in [6.07, 6.45) is 0.896. The van der Waals surface area contributed by atoms with E-state index >= 15 is 0 Å². The van der Waals surface area contributed by atoms with Crippen molar-refractivity contribution in [3.05, 3.63) is 35.9 Å². The van der Waals surface area contributed by atoms with Gasteiger partial charge in [0.2, 0.25) is 47.3 Å². The van der Waals surface area contributed by atoms with Gasteiger partial charge in [0.25, 0.3) is 0 Å². The van der Waals surface area contributed by atoms with Crippen molar-refractivity contribution in [2.75, 3.05) is 6.54 Å². The lowest BCUT2D eigenvalue weighted by Crippen LogP contribution is -2.60. The predicted octanol–water partition coefficient (Wildman–Crippen LogP) is -0.850. The van der Waals surface area contributed by atoms with Gasteiger partial charge in [0.05, 0.1) is 6.42 Å². The second kappa shape index (κ2) is 19.0. The van der Waals surface area contributed by atoms with Crippen LogP contribution in [-0.4, -0.2) is 101 Å². The quantitative estimate of drug-likeness (QED) is 0.178. The first-order valence-corrected chi connectivity index (χ1v) is 18.0. The number of nitrogens with one attached hydrogen (secondary N) is 6. The highest BCUT2D eigenvalue weighted by molar-refractivity contribution is 5.99. The molecule has 286 valence electrons. The van der Waals surface area contributed by atoms with E-state index in [0.717, 1.165) is 0 Å². The van der Waals surface area contributed by atoms with Gasteiger partial charge in [0, 0.05) is 13.0 Å². The van der Waals surface area contributed by atoms with Crippen molar-refractivity contribution < 1.29 is 38.4 Å². The van der Waals surface area contributed by atoms with Crippen molar-refractivity contribution in [2.24, 2.45) is 17.6 Å². The van der Waals surface area contributed by atoms with E-state index in [2.05, 4.69) is 31.9 Å². The highest BCUT2D eigenvalue weighted by Gasteiger charge is 2.41. The van der Waals surface area contributed by atoms with Crippen molar-refractivity contribution in [3.63, 3.8) is 0 Å². The molecule has 52 heavy (non-hydrogen) atoms. The zero-order valence-corrected chi connectivity index (χ0v) is 30.8. The third-order valence-corrected chi connectivity index (χ3v) is 9.41. The molecule has 3 rings (SSSR count). The van der Waals surface area contributed by atoms with Crippen LogP contribution in [0.1, 0.15) is 79.2 Å². The number of carbonyl (C=O) groups excluding carboxylic acids is 8. The molecule has 2 fully saturated rings. The number of hydrogen-bond acceptors (Lipinski definition) is 8. The Kier molecular flexibility index (Phi) is 15.1. The van der Waals surface area contributed by atoms with Crippen LogP contribution in [0.4, 0.5) is 0 Å². The molecule has 8 atom stereocenters. The van der Waals surface area contributed by atoms with Crippen LogP contribution in [0, 0.1) is 11.8 Å². The van der Waals surface area contributed by atoms with Crippen LogP contribution < -0.4 is 37.6 Å². The number of nitrogens with two attached hydrogens (primary N) is 1. The summed E-state index contributed by atoms with van der Waals surface area (Å²) in [6, 6.07) is 0.637. The summed E-state index contributed by atoms with van der Waals surface area (Å²) in [5.41, 5.74) is 6.11. The first-order chi connectivity index (χ1) is 24.5. The van der Waals surface area contributed by atoms with Crippen LogP contribution in [0.2, 0.25) is 0 Å². The molecule has 0 unspecified atom stereocenters. The number of carbonyl (C=O) groups is 8. The average molecular weight is 727 g/mol. The Labute approximate surface area is 304 Å². The Hall–Kier alpha value is -5.02. The lowest BCUT2D eigenvalue weighted by atomic mass is 9.96. The molecule has 0 radical (unpaired) electrons. The highest BCUT2D eigenvalue weighted by Crippen LogP contribution is 2.22. The predicted molar refractivity (Wildman–Crippen MR) is 191 cm³/mol. The fraction of sp³-hybridized carbons (Fsp3) is 0.611. The smallest absolute Gasteiger partial charge is 0.246 e. The first kappa shape index (κ1) is 41.4. The minimum Gasteiger partial charge on any atom is -0.370 e. The maximum atomic E-state index is 14.1. The Morgan fingerprint density at radius 2 is 1.29 bits per heavy atom. The van der Waals surface area contributed by atoms with Gasteiger partial charge >= 0.3 is 0 Å². The molecule has 2 heterocycles. The summed E-state index contributed by atoms with van der Waals surface area (Å²) < 4.78 is 0. The van der Waals surface area contributed by atoms with E-state index in [1.54, 1.807) is 37.3 Å². The van der Waals surface area contributed by atoms with Gasteiger partial charge in [0.15, 0.2) is 0 Å². The Morgan fingerprint density at radius 1 is 0.750 bits per heavy atom. The van der Waals surface area contributed by atoms with Crippen LogP contribution in [0.15, 0.2) is 30.3 Å². The molecule has 2 aliphatic heterocycles. The first-order valence-electron chi connectivity index (χ1n) is 18.0. The number of benzene rings is 1. The number of amides is 8. The van der Waals surface area contributed by atoms with Crippen molar-refractivity contribution in [3.8, 4) is 0 Å². The molecule has 0 spiro atoms. The molecule has 1 aromatic carbocycles. The van der Waals surface area contributed by atoms with Crippen molar-refractivity contribution >= 4 is 47.3 Å². The number of hydrogen-bond donors (Lipinski definition) is 7. The maximum absolute atomic E-state index is 14.1. The summed E-state index contributed by atoms with van der Waals surface area (Å²) in [5.74, 6) is -6.12. The minimum atomic E-state index is -1.52. The van der Waals surface area contributed by atoms with E-state index in [9.17, 15) is 38.4 Å². The number of nitrogens with zero attached hydrogens (tertiary/aromatic N) is 1. The number of primary amides is 1. The van der Waals surface area contributed by atoms with Gasteiger partial charge in [-0.25, -0.2) is 0 Å². The van der Waals surface area contributed by atoms with E-state index in [1.807, 2.05) is 20.8 Å². The molecule has 2 saturated heterocycles. The second-order valence-corrected chi connectivity index (χ2v) is 14.2. The fourth-order valence-electron chi connectivity index (χ4n) is 6.21. The molecule has 0 saturated carbocycles. The maximum Gasteiger partial charge on any atom is 0.246 e. The molecule has 0 bridgehead atoms. The van der Waals surface area contributed by atoms with E-state index in [4.69, 9.17) is 5.73 Å². The Bertz CT molecular complexity index is 1490. The van der Waals surface area contributed by atoms with Gasteiger partial charge in [-0.2, -0.15) is 0 Å². The van der Waals surface area contributed by atoms with Crippen LogP contribution in [-0.2, 0) is 44.8 Å². The van der Waals surface area contributed by atoms with E-state index < -0.39 is 96.0 Å². The molecule has 1 aromatic rings. The largest absolute Gasteiger partial charge is 0.370 e. The highest BCUT2D eigenvalue weighted by atomic mass is 16.2. The van der Waals surface area contributed by atoms with Gasteiger partial charge < -0.3 is 42.5 Å². The normalized spacial score (nSPS) is 27.9. The van der Waals surface area contributed by atoms with Crippen LogP contribution in [0.25, 0.3) is 0 Å². The molecule has 16 heteroatoms. The lowest BCUT2D eigenvalue weighted by Gasteiger charge is -2.32. The number of fused-ring (bicyclic) bond motifs is 1. The van der Waals surface area contributed by atoms with E-state index in [1.165, 1.54) is 18.7 Å². The van der Waals surface area contributed by atoms with Gasteiger partial charge in [-0.1, -0.05) is 64.4 Å². The van der Waals surface area contributed by atoms with Crippen molar-refractivity contribution in [1.29, 1.82) is 0 Å². The van der Waals surface area contributed by atoms with Crippen LogP contribution in [0.5, 0.6) is 0 Å². The summed E-state index contributed by atoms with van der Waals surface area (Å²) in [4.78, 5) is 109. The van der Waals surface area contributed by atoms with E-state index in [-0.39, 0.29) is 31.2 Å². The zero-order valence-electron chi connectivity index (χ0n) is 30.8. The summed E-state index contributed by atoms with van der Waals surface area (Å²) in [7, 11) is 0. The van der Waals surface area contributed by atoms with Gasteiger partial charge in [-0.05, 0) is 50.5 Å². The molecule has 8 amide bonds. The van der Waals surface area contributed by atoms with Crippen LogP contribution >= 0.6 is 0 Å². The monoisotopic (exact) mass is 726 g/mol. The Morgan fingerprint density at radius 3 is 1.87 bits per heavy atom.